The number of nitrogens with zero attached hydrogens (tertiary/aromatic N) is 2. The standard InChI is InChI=1S/C65H50N2/c1-3-65(4-2)60-43-51(37-39-55(60)56-40-38-52(44-61(56)65)67-63-35-17-14-32-58(63)59-33-15-18-36-64(59)67)66(50-28-20-27-49(42-50)48-26-19-25-47(41-48)45-21-7-5-8-22-45)62-34-16-13-31-57(62)54-30-12-11-29-53(54)46-23-9-6-10-24-46/h5-44H,3-4H2,1-2H3. The third-order valence-corrected chi connectivity index (χ3v) is 14.5. The quantitative estimate of drug-likeness (QED) is 0.133. The van der Waals surface area contributed by atoms with Gasteiger partial charge < -0.3 is 9.47 Å². The van der Waals surface area contributed by atoms with Gasteiger partial charge in [0.15, 0.2) is 0 Å². The third-order valence-electron chi connectivity index (χ3n) is 14.5. The van der Waals surface area contributed by atoms with Crippen molar-refractivity contribution in [2.75, 3.05) is 4.90 Å². The number of fused-ring (bicyclic) bond motifs is 6. The fourth-order valence-electron chi connectivity index (χ4n) is 11.2. The van der Waals surface area contributed by atoms with Crippen molar-refractivity contribution >= 4 is 38.9 Å². The zero-order valence-electron chi connectivity index (χ0n) is 37.9. The number of para-hydroxylation sites is 3. The number of hydrogen-bond donors (Lipinski definition) is 0. The van der Waals surface area contributed by atoms with E-state index in [2.05, 4.69) is 266 Å². The highest BCUT2D eigenvalue weighted by molar-refractivity contribution is 6.09. The number of rotatable bonds is 10. The van der Waals surface area contributed by atoms with Crippen molar-refractivity contribution in [2.24, 2.45) is 0 Å². The first-order valence-corrected chi connectivity index (χ1v) is 23.7. The normalized spacial score (nSPS) is 12.6. The van der Waals surface area contributed by atoms with Crippen LogP contribution in [0.5, 0.6) is 0 Å². The lowest BCUT2D eigenvalue weighted by Crippen LogP contribution is -2.24. The molecule has 0 bridgehead atoms. The minimum atomic E-state index is -0.180. The lowest BCUT2D eigenvalue weighted by molar-refractivity contribution is 0.490. The van der Waals surface area contributed by atoms with E-state index in [0.717, 1.165) is 29.9 Å². The van der Waals surface area contributed by atoms with Crippen molar-refractivity contribution in [3.8, 4) is 61.3 Å². The molecule has 0 aliphatic heterocycles. The van der Waals surface area contributed by atoms with Gasteiger partial charge in [0.05, 0.1) is 16.7 Å². The summed E-state index contributed by atoms with van der Waals surface area (Å²) >= 11 is 0. The first-order chi connectivity index (χ1) is 33.1. The van der Waals surface area contributed by atoms with Crippen molar-refractivity contribution in [3.63, 3.8) is 0 Å². The molecule has 12 rings (SSSR count). The van der Waals surface area contributed by atoms with Gasteiger partial charge >= 0.3 is 0 Å². The minimum absolute atomic E-state index is 0.180. The maximum atomic E-state index is 2.52. The third kappa shape index (κ3) is 6.71. The van der Waals surface area contributed by atoms with Crippen molar-refractivity contribution in [1.29, 1.82) is 0 Å². The summed E-state index contributed by atoms with van der Waals surface area (Å²) in [4.78, 5) is 2.50. The summed E-state index contributed by atoms with van der Waals surface area (Å²) in [6.45, 7) is 4.76. The highest BCUT2D eigenvalue weighted by Gasteiger charge is 2.41. The fourth-order valence-corrected chi connectivity index (χ4v) is 11.2. The Balaban J connectivity index is 1.04. The summed E-state index contributed by atoms with van der Waals surface area (Å²) in [5, 5.41) is 2.56. The average molecular weight is 859 g/mol. The van der Waals surface area contributed by atoms with Crippen LogP contribution in [-0.4, -0.2) is 4.57 Å². The molecule has 1 aliphatic rings. The Morgan fingerprint density at radius 3 is 1.52 bits per heavy atom. The first-order valence-electron chi connectivity index (χ1n) is 23.7. The van der Waals surface area contributed by atoms with Crippen molar-refractivity contribution in [3.05, 3.63) is 254 Å². The molecule has 0 N–H and O–H groups in total. The van der Waals surface area contributed by atoms with Gasteiger partial charge in [-0.1, -0.05) is 196 Å². The molecule has 0 saturated heterocycles. The minimum Gasteiger partial charge on any atom is -0.310 e. The Morgan fingerprint density at radius 1 is 0.343 bits per heavy atom. The molecule has 1 heterocycles. The van der Waals surface area contributed by atoms with E-state index in [1.54, 1.807) is 0 Å². The summed E-state index contributed by atoms with van der Waals surface area (Å²) < 4.78 is 2.46. The van der Waals surface area contributed by atoms with Crippen LogP contribution in [0.2, 0.25) is 0 Å². The monoisotopic (exact) mass is 858 g/mol. The van der Waals surface area contributed by atoms with Gasteiger partial charge in [0.1, 0.15) is 0 Å². The Labute approximate surface area is 393 Å². The van der Waals surface area contributed by atoms with Gasteiger partial charge in [0, 0.05) is 38.8 Å². The number of anilines is 3. The molecule has 0 atom stereocenters. The highest BCUT2D eigenvalue weighted by atomic mass is 15.1. The molecule has 1 aromatic heterocycles. The molecule has 0 saturated carbocycles. The molecular formula is C65H50N2. The van der Waals surface area contributed by atoms with Crippen LogP contribution in [-0.2, 0) is 5.41 Å². The van der Waals surface area contributed by atoms with Crippen LogP contribution in [0.15, 0.2) is 243 Å². The van der Waals surface area contributed by atoms with Gasteiger partial charge in [-0.05, 0) is 135 Å². The SMILES string of the molecule is CCC1(CC)c2cc(N(c3cccc(-c4cccc(-c5ccccc5)c4)c3)c3ccccc3-c3ccccc3-c3ccccc3)ccc2-c2ccc(-n3c4ccccc4c4ccccc43)cc21. The summed E-state index contributed by atoms with van der Waals surface area (Å²) in [7, 11) is 0. The Hall–Kier alpha value is -8.20. The maximum Gasteiger partial charge on any atom is 0.0541 e. The average Bonchev–Trinajstić information content (AvgIpc) is 3.89. The summed E-state index contributed by atoms with van der Waals surface area (Å²) in [5.74, 6) is 0. The van der Waals surface area contributed by atoms with E-state index < -0.39 is 0 Å². The van der Waals surface area contributed by atoms with Gasteiger partial charge in [0.2, 0.25) is 0 Å². The van der Waals surface area contributed by atoms with Crippen molar-refractivity contribution < 1.29 is 0 Å². The number of benzene rings is 10. The van der Waals surface area contributed by atoms with E-state index >= 15 is 0 Å². The molecule has 10 aromatic carbocycles. The van der Waals surface area contributed by atoms with Crippen LogP contribution in [0.1, 0.15) is 37.8 Å². The van der Waals surface area contributed by atoms with E-state index in [-0.39, 0.29) is 5.41 Å². The first kappa shape index (κ1) is 40.3. The molecule has 0 spiro atoms. The molecule has 11 aromatic rings. The Bertz CT molecular complexity index is 3560. The molecular weight excluding hydrogens is 809 g/mol. The molecule has 2 nitrogen and oxygen atoms in total. The molecule has 0 radical (unpaired) electrons. The molecule has 67 heavy (non-hydrogen) atoms. The molecule has 0 fully saturated rings. The van der Waals surface area contributed by atoms with Gasteiger partial charge in [-0.2, -0.15) is 0 Å². The number of hydrogen-bond acceptors (Lipinski definition) is 1. The second-order valence-electron chi connectivity index (χ2n) is 17.9. The van der Waals surface area contributed by atoms with Gasteiger partial charge in [-0.3, -0.25) is 0 Å². The number of aromatic nitrogens is 1. The second kappa shape index (κ2) is 16.7. The van der Waals surface area contributed by atoms with Crippen molar-refractivity contribution in [1.82, 2.24) is 4.57 Å². The van der Waals surface area contributed by atoms with Crippen LogP contribution >= 0.6 is 0 Å². The van der Waals surface area contributed by atoms with Crippen LogP contribution in [0.4, 0.5) is 17.1 Å². The van der Waals surface area contributed by atoms with E-state index in [1.165, 1.54) is 94.3 Å². The molecule has 320 valence electrons. The predicted octanol–water partition coefficient (Wildman–Crippen LogP) is 18.0. The Kier molecular flexibility index (Phi) is 10.0. The predicted molar refractivity (Wildman–Crippen MR) is 284 cm³/mol. The zero-order chi connectivity index (χ0) is 44.9. The topological polar surface area (TPSA) is 8.17 Å². The van der Waals surface area contributed by atoms with Gasteiger partial charge in [0.25, 0.3) is 0 Å². The highest BCUT2D eigenvalue weighted by Crippen LogP contribution is 2.55. The van der Waals surface area contributed by atoms with E-state index in [4.69, 9.17) is 0 Å². The van der Waals surface area contributed by atoms with E-state index in [1.807, 2.05) is 0 Å². The van der Waals surface area contributed by atoms with E-state index in [0.29, 0.717) is 0 Å². The van der Waals surface area contributed by atoms with Gasteiger partial charge in [-0.25, -0.2) is 0 Å². The summed E-state index contributed by atoms with van der Waals surface area (Å²) in [6, 6.07) is 89.4. The maximum absolute atomic E-state index is 2.52. The largest absolute Gasteiger partial charge is 0.310 e. The summed E-state index contributed by atoms with van der Waals surface area (Å²) in [5.41, 5.74) is 21.9. The van der Waals surface area contributed by atoms with Crippen LogP contribution in [0, 0.1) is 0 Å². The lowest BCUT2D eigenvalue weighted by atomic mass is 9.73. The summed E-state index contributed by atoms with van der Waals surface area (Å²) in [6.07, 6.45) is 1.97. The van der Waals surface area contributed by atoms with Crippen LogP contribution in [0.25, 0.3) is 83.1 Å². The Morgan fingerprint density at radius 2 is 0.836 bits per heavy atom. The molecule has 2 heteroatoms. The van der Waals surface area contributed by atoms with Crippen molar-refractivity contribution in [2.45, 2.75) is 32.1 Å². The molecule has 1 aliphatic carbocycles. The zero-order valence-corrected chi connectivity index (χ0v) is 37.9. The molecule has 0 unspecified atom stereocenters. The van der Waals surface area contributed by atoms with Crippen LogP contribution in [0.3, 0.4) is 0 Å². The smallest absolute Gasteiger partial charge is 0.0541 e. The van der Waals surface area contributed by atoms with Gasteiger partial charge in [-0.15, -0.1) is 0 Å². The van der Waals surface area contributed by atoms with E-state index in [9.17, 15) is 0 Å². The molecule has 0 amide bonds. The van der Waals surface area contributed by atoms with Crippen LogP contribution < -0.4 is 4.90 Å². The fraction of sp³-hybridized carbons (Fsp3) is 0.0769. The lowest BCUT2D eigenvalue weighted by Gasteiger charge is -2.33. The second-order valence-corrected chi connectivity index (χ2v) is 17.9.